The van der Waals surface area contributed by atoms with Gasteiger partial charge in [-0.2, -0.15) is 0 Å². The van der Waals surface area contributed by atoms with Crippen molar-refractivity contribution in [3.63, 3.8) is 0 Å². The number of nitrogens with zero attached hydrogens (tertiary/aromatic N) is 3. The molecule has 1 aliphatic heterocycles. The molecule has 0 aromatic rings. The maximum absolute atomic E-state index is 10.6. The van der Waals surface area contributed by atoms with Gasteiger partial charge in [0.05, 0.1) is 4.92 Å². The first kappa shape index (κ1) is 7.19. The second kappa shape index (κ2) is 2.37. The number of hydrogen-bond acceptors (Lipinski definition) is 5. The van der Waals surface area contributed by atoms with Crippen LogP contribution in [-0.4, -0.2) is 16.6 Å². The van der Waals surface area contributed by atoms with Crippen LogP contribution in [0.15, 0.2) is 22.1 Å². The summed E-state index contributed by atoms with van der Waals surface area (Å²) in [5, 5.41) is 15.7. The zero-order valence-electron chi connectivity index (χ0n) is 5.05. The number of amides is 1. The molecule has 0 saturated carbocycles. The molecule has 1 aliphatic rings. The van der Waals surface area contributed by atoms with Gasteiger partial charge in [-0.3, -0.25) is 19.7 Å². The predicted molar refractivity (Wildman–Crippen MR) is 29.9 cm³/mol. The molecule has 11 heavy (non-hydrogen) atoms. The first-order valence-corrected chi connectivity index (χ1v) is 2.47. The molecular weight excluding hydrogens is 154 g/mol. The minimum Gasteiger partial charge on any atom is -0.276 e. The maximum atomic E-state index is 10.6. The minimum atomic E-state index is -1.23. The van der Waals surface area contributed by atoms with Crippen molar-refractivity contribution in [2.24, 2.45) is 10.2 Å². The Morgan fingerprint density at radius 1 is 1.45 bits per heavy atom. The average molecular weight is 155 g/mol. The van der Waals surface area contributed by atoms with Gasteiger partial charge in [0.15, 0.2) is 0 Å². The Balaban J connectivity index is 3.06. The third kappa shape index (κ3) is 1.16. The molecule has 0 aromatic heterocycles. The van der Waals surface area contributed by atoms with Gasteiger partial charge >= 0.3 is 17.4 Å². The van der Waals surface area contributed by atoms with Gasteiger partial charge in [-0.15, -0.1) is 10.2 Å². The Labute approximate surface area is 59.6 Å². The summed E-state index contributed by atoms with van der Waals surface area (Å²) in [6.07, 6.45) is 0.643. The lowest BCUT2D eigenvalue weighted by Crippen LogP contribution is -2.20. The smallest absolute Gasteiger partial charge is 0.276 e. The molecule has 0 unspecified atom stereocenters. The van der Waals surface area contributed by atoms with Crippen LogP contribution in [0.25, 0.3) is 0 Å². The van der Waals surface area contributed by atoms with Gasteiger partial charge in [0.1, 0.15) is 6.20 Å². The van der Waals surface area contributed by atoms with E-state index in [0.29, 0.717) is 6.20 Å². The molecule has 0 spiro atoms. The summed E-state index contributed by atoms with van der Waals surface area (Å²) in [4.78, 5) is 29.9. The Bertz CT molecular complexity index is 302. The first-order valence-electron chi connectivity index (χ1n) is 2.47. The molecular formula is C4HN3O4. The SMILES string of the molecule is O=C1N=NC=C([N+](=O)[O-])C1=O. The number of hydrogen-bond donors (Lipinski definition) is 0. The van der Waals surface area contributed by atoms with Crippen LogP contribution in [0.3, 0.4) is 0 Å². The van der Waals surface area contributed by atoms with Crippen molar-refractivity contribution >= 4 is 11.7 Å². The van der Waals surface area contributed by atoms with Gasteiger partial charge < -0.3 is 0 Å². The Kier molecular flexibility index (Phi) is 1.55. The van der Waals surface area contributed by atoms with Gasteiger partial charge in [-0.05, 0) is 0 Å². The van der Waals surface area contributed by atoms with E-state index < -0.39 is 22.3 Å². The standard InChI is InChI=1S/C4HN3O4/c8-3-2(7(10)11)1-5-6-4(3)9/h1H. The minimum absolute atomic E-state index is 0.643. The van der Waals surface area contributed by atoms with E-state index in [1.165, 1.54) is 0 Å². The highest BCUT2D eigenvalue weighted by molar-refractivity contribution is 6.42. The van der Waals surface area contributed by atoms with E-state index in [9.17, 15) is 19.7 Å². The lowest BCUT2D eigenvalue weighted by molar-refractivity contribution is -0.418. The van der Waals surface area contributed by atoms with Crippen molar-refractivity contribution in [3.05, 3.63) is 22.0 Å². The Morgan fingerprint density at radius 2 is 2.09 bits per heavy atom. The van der Waals surface area contributed by atoms with E-state index in [-0.39, 0.29) is 0 Å². The predicted octanol–water partition coefficient (Wildman–Crippen LogP) is -0.334. The molecule has 0 bridgehead atoms. The monoisotopic (exact) mass is 155 g/mol. The van der Waals surface area contributed by atoms with Crippen LogP contribution >= 0.6 is 0 Å². The summed E-state index contributed by atoms with van der Waals surface area (Å²) in [6.45, 7) is 0. The van der Waals surface area contributed by atoms with Crippen LogP contribution in [-0.2, 0) is 9.59 Å². The molecule has 56 valence electrons. The van der Waals surface area contributed by atoms with Crippen molar-refractivity contribution in [2.45, 2.75) is 0 Å². The molecule has 1 rings (SSSR count). The summed E-state index contributed by atoms with van der Waals surface area (Å²) in [6, 6.07) is 0. The van der Waals surface area contributed by atoms with Crippen molar-refractivity contribution < 1.29 is 14.5 Å². The lowest BCUT2D eigenvalue weighted by Gasteiger charge is -1.94. The first-order chi connectivity index (χ1) is 5.13. The van der Waals surface area contributed by atoms with E-state index in [2.05, 4.69) is 10.2 Å². The van der Waals surface area contributed by atoms with Crippen LogP contribution < -0.4 is 0 Å². The second-order valence-corrected chi connectivity index (χ2v) is 1.62. The van der Waals surface area contributed by atoms with Crippen molar-refractivity contribution in [3.8, 4) is 0 Å². The maximum Gasteiger partial charge on any atom is 0.343 e. The summed E-state index contributed by atoms with van der Waals surface area (Å²) in [5.74, 6) is -2.44. The zero-order valence-corrected chi connectivity index (χ0v) is 5.05. The van der Waals surface area contributed by atoms with E-state index in [0.717, 1.165) is 0 Å². The van der Waals surface area contributed by atoms with Crippen molar-refractivity contribution in [1.29, 1.82) is 0 Å². The zero-order chi connectivity index (χ0) is 8.43. The topological polar surface area (TPSA) is 102 Å². The van der Waals surface area contributed by atoms with Crippen LogP contribution in [0.5, 0.6) is 0 Å². The number of rotatable bonds is 1. The highest BCUT2D eigenvalue weighted by Gasteiger charge is 2.31. The molecule has 0 saturated heterocycles. The summed E-state index contributed by atoms with van der Waals surface area (Å²) in [5.41, 5.74) is -0.843. The number of carbonyl (C=O) groups is 2. The van der Waals surface area contributed by atoms with E-state index in [1.54, 1.807) is 0 Å². The average Bonchev–Trinajstić information content (AvgIpc) is 1.94. The summed E-state index contributed by atoms with van der Waals surface area (Å²) in [7, 11) is 0. The third-order valence-electron chi connectivity index (χ3n) is 0.952. The molecule has 0 atom stereocenters. The Morgan fingerprint density at radius 3 is 2.55 bits per heavy atom. The van der Waals surface area contributed by atoms with Gasteiger partial charge in [0.2, 0.25) is 0 Å². The quantitative estimate of drug-likeness (QED) is 0.293. The number of Topliss-reactive ketones (excluding diaryl/α,β-unsaturated/α-hetero) is 1. The molecule has 0 aromatic carbocycles. The van der Waals surface area contributed by atoms with Gasteiger partial charge in [-0.25, -0.2) is 0 Å². The highest BCUT2D eigenvalue weighted by atomic mass is 16.6. The molecule has 0 N–H and O–H groups in total. The number of nitro groups is 1. The molecule has 0 aliphatic carbocycles. The van der Waals surface area contributed by atoms with E-state index in [4.69, 9.17) is 0 Å². The number of azo groups is 1. The molecule has 1 heterocycles. The Hall–Kier alpha value is -1.92. The number of ketones is 1. The van der Waals surface area contributed by atoms with E-state index in [1.807, 2.05) is 0 Å². The van der Waals surface area contributed by atoms with E-state index >= 15 is 0 Å². The molecule has 7 nitrogen and oxygen atoms in total. The second-order valence-electron chi connectivity index (χ2n) is 1.62. The fraction of sp³-hybridized carbons (Fsp3) is 0. The van der Waals surface area contributed by atoms with Gasteiger partial charge in [0.25, 0.3) is 0 Å². The lowest BCUT2D eigenvalue weighted by atomic mass is 10.3. The molecule has 0 radical (unpaired) electrons. The van der Waals surface area contributed by atoms with Crippen LogP contribution in [0.4, 0.5) is 0 Å². The fourth-order valence-corrected chi connectivity index (χ4v) is 0.480. The highest BCUT2D eigenvalue weighted by Crippen LogP contribution is 2.05. The van der Waals surface area contributed by atoms with Crippen LogP contribution in [0.1, 0.15) is 0 Å². The molecule has 7 heteroatoms. The summed E-state index contributed by atoms with van der Waals surface area (Å²) >= 11 is 0. The number of carbonyl (C=O) groups excluding carboxylic acids is 2. The van der Waals surface area contributed by atoms with Crippen molar-refractivity contribution in [2.75, 3.05) is 0 Å². The van der Waals surface area contributed by atoms with Crippen LogP contribution in [0, 0.1) is 10.1 Å². The molecule has 1 amide bonds. The largest absolute Gasteiger partial charge is 0.343 e. The fourth-order valence-electron chi connectivity index (χ4n) is 0.480. The van der Waals surface area contributed by atoms with Crippen molar-refractivity contribution in [1.82, 2.24) is 0 Å². The third-order valence-corrected chi connectivity index (χ3v) is 0.952. The molecule has 0 fully saturated rings. The normalized spacial score (nSPS) is 16.5. The van der Waals surface area contributed by atoms with Gasteiger partial charge in [-0.1, -0.05) is 0 Å². The van der Waals surface area contributed by atoms with Gasteiger partial charge in [0, 0.05) is 0 Å². The summed E-state index contributed by atoms with van der Waals surface area (Å²) < 4.78 is 0. The van der Waals surface area contributed by atoms with Crippen LogP contribution in [0.2, 0.25) is 0 Å².